The summed E-state index contributed by atoms with van der Waals surface area (Å²) >= 11 is 0. The summed E-state index contributed by atoms with van der Waals surface area (Å²) in [5.74, 6) is 1.75. The van der Waals surface area contributed by atoms with Crippen molar-refractivity contribution in [1.29, 1.82) is 0 Å². The van der Waals surface area contributed by atoms with Gasteiger partial charge >= 0.3 is 0 Å². The Labute approximate surface area is 108 Å². The van der Waals surface area contributed by atoms with Gasteiger partial charge in [-0.25, -0.2) is 0 Å². The molecular weight excluding hydrogens is 228 g/mol. The fourth-order valence-corrected chi connectivity index (χ4v) is 2.73. The zero-order valence-electron chi connectivity index (χ0n) is 10.8. The lowest BCUT2D eigenvalue weighted by molar-refractivity contribution is 0.173. The van der Waals surface area contributed by atoms with Gasteiger partial charge in [0.2, 0.25) is 6.79 Å². The van der Waals surface area contributed by atoms with Crippen LogP contribution in [0.1, 0.15) is 18.4 Å². The molecule has 0 aromatic heterocycles. The van der Waals surface area contributed by atoms with Gasteiger partial charge in [-0.05, 0) is 44.1 Å². The van der Waals surface area contributed by atoms with Gasteiger partial charge in [0.1, 0.15) is 0 Å². The van der Waals surface area contributed by atoms with Crippen molar-refractivity contribution in [2.75, 3.05) is 26.9 Å². The van der Waals surface area contributed by atoms with Gasteiger partial charge < -0.3 is 14.8 Å². The van der Waals surface area contributed by atoms with Crippen LogP contribution in [0.5, 0.6) is 11.5 Å². The second-order valence-corrected chi connectivity index (χ2v) is 5.05. The van der Waals surface area contributed by atoms with E-state index in [0.717, 1.165) is 24.6 Å². The third kappa shape index (κ3) is 2.44. The van der Waals surface area contributed by atoms with Gasteiger partial charge in [-0.3, -0.25) is 4.90 Å². The number of hydrogen-bond donors (Lipinski definition) is 1. The molecule has 0 radical (unpaired) electrons. The number of fused-ring (bicyclic) bond motifs is 1. The van der Waals surface area contributed by atoms with Crippen LogP contribution in [0.2, 0.25) is 0 Å². The van der Waals surface area contributed by atoms with E-state index in [-0.39, 0.29) is 0 Å². The van der Waals surface area contributed by atoms with Crippen molar-refractivity contribution in [1.82, 2.24) is 10.2 Å². The van der Waals surface area contributed by atoms with Crippen molar-refractivity contribution in [3.63, 3.8) is 0 Å². The van der Waals surface area contributed by atoms with Crippen LogP contribution in [-0.4, -0.2) is 37.9 Å². The first-order chi connectivity index (χ1) is 8.85. The minimum Gasteiger partial charge on any atom is -0.454 e. The maximum absolute atomic E-state index is 5.42. The molecule has 1 saturated heterocycles. The molecule has 1 unspecified atom stereocenters. The maximum Gasteiger partial charge on any atom is 0.231 e. The van der Waals surface area contributed by atoms with Crippen molar-refractivity contribution in [2.45, 2.75) is 25.4 Å². The molecule has 1 atom stereocenters. The van der Waals surface area contributed by atoms with E-state index in [4.69, 9.17) is 9.47 Å². The summed E-state index contributed by atoms with van der Waals surface area (Å²) in [6.45, 7) is 3.66. The summed E-state index contributed by atoms with van der Waals surface area (Å²) in [4.78, 5) is 2.50. The van der Waals surface area contributed by atoms with E-state index in [0.29, 0.717) is 12.8 Å². The number of likely N-dealkylation sites (tertiary alicyclic amines) is 1. The Morgan fingerprint density at radius 2 is 2.22 bits per heavy atom. The first kappa shape index (κ1) is 11.8. The highest BCUT2D eigenvalue weighted by atomic mass is 16.7. The molecule has 1 N–H and O–H groups in total. The molecule has 98 valence electrons. The Morgan fingerprint density at radius 3 is 3.11 bits per heavy atom. The average Bonchev–Trinajstić information content (AvgIpc) is 2.86. The van der Waals surface area contributed by atoms with E-state index in [1.165, 1.54) is 24.9 Å². The fraction of sp³-hybridized carbons (Fsp3) is 0.571. The first-order valence-corrected chi connectivity index (χ1v) is 6.63. The highest BCUT2D eigenvalue weighted by Crippen LogP contribution is 2.32. The summed E-state index contributed by atoms with van der Waals surface area (Å²) < 4.78 is 10.7. The highest BCUT2D eigenvalue weighted by molar-refractivity contribution is 5.44. The standard InChI is InChI=1S/C14H20N2O2/c1-15-12-3-2-6-16(9-12)8-11-4-5-13-14(7-11)18-10-17-13/h4-5,7,12,15H,2-3,6,8-10H2,1H3. The van der Waals surface area contributed by atoms with Crippen LogP contribution in [0.4, 0.5) is 0 Å². The molecule has 1 aromatic rings. The SMILES string of the molecule is CNC1CCCN(Cc2ccc3c(c2)OCO3)C1. The number of nitrogens with one attached hydrogen (secondary N) is 1. The molecule has 0 aliphatic carbocycles. The molecule has 18 heavy (non-hydrogen) atoms. The van der Waals surface area contributed by atoms with Gasteiger partial charge in [0.05, 0.1) is 0 Å². The number of hydrogen-bond acceptors (Lipinski definition) is 4. The van der Waals surface area contributed by atoms with Gasteiger partial charge in [0, 0.05) is 19.1 Å². The second-order valence-electron chi connectivity index (χ2n) is 5.05. The molecule has 2 heterocycles. The molecule has 1 fully saturated rings. The number of nitrogens with zero attached hydrogens (tertiary/aromatic N) is 1. The van der Waals surface area contributed by atoms with Crippen molar-refractivity contribution >= 4 is 0 Å². The number of piperidine rings is 1. The predicted octanol–water partition coefficient (Wildman–Crippen LogP) is 1.60. The van der Waals surface area contributed by atoms with Crippen molar-refractivity contribution in [3.8, 4) is 11.5 Å². The van der Waals surface area contributed by atoms with E-state index in [1.807, 2.05) is 6.07 Å². The Hall–Kier alpha value is -1.26. The molecule has 0 saturated carbocycles. The van der Waals surface area contributed by atoms with Crippen molar-refractivity contribution < 1.29 is 9.47 Å². The van der Waals surface area contributed by atoms with E-state index >= 15 is 0 Å². The molecule has 4 heteroatoms. The largest absolute Gasteiger partial charge is 0.454 e. The zero-order valence-corrected chi connectivity index (χ0v) is 10.8. The molecule has 2 aliphatic rings. The van der Waals surface area contributed by atoms with Gasteiger partial charge in [-0.2, -0.15) is 0 Å². The lowest BCUT2D eigenvalue weighted by Crippen LogP contribution is -2.43. The topological polar surface area (TPSA) is 33.7 Å². The fourth-order valence-electron chi connectivity index (χ4n) is 2.73. The van der Waals surface area contributed by atoms with Gasteiger partial charge in [0.15, 0.2) is 11.5 Å². The van der Waals surface area contributed by atoms with Crippen LogP contribution in [0, 0.1) is 0 Å². The molecule has 0 amide bonds. The zero-order chi connectivity index (χ0) is 12.4. The first-order valence-electron chi connectivity index (χ1n) is 6.63. The van der Waals surface area contributed by atoms with E-state index in [2.05, 4.69) is 29.4 Å². The number of likely N-dealkylation sites (N-methyl/N-ethyl adjacent to an activating group) is 1. The Balaban J connectivity index is 1.65. The molecule has 4 nitrogen and oxygen atoms in total. The van der Waals surface area contributed by atoms with Crippen LogP contribution >= 0.6 is 0 Å². The van der Waals surface area contributed by atoms with E-state index in [9.17, 15) is 0 Å². The van der Waals surface area contributed by atoms with E-state index < -0.39 is 0 Å². The lowest BCUT2D eigenvalue weighted by atomic mass is 10.0. The summed E-state index contributed by atoms with van der Waals surface area (Å²) in [7, 11) is 2.05. The van der Waals surface area contributed by atoms with Crippen LogP contribution in [-0.2, 0) is 6.54 Å². The number of rotatable bonds is 3. The highest BCUT2D eigenvalue weighted by Gasteiger charge is 2.19. The van der Waals surface area contributed by atoms with E-state index in [1.54, 1.807) is 0 Å². The second kappa shape index (κ2) is 5.16. The van der Waals surface area contributed by atoms with Gasteiger partial charge in [0.25, 0.3) is 0 Å². The van der Waals surface area contributed by atoms with Crippen LogP contribution in [0.3, 0.4) is 0 Å². The number of benzene rings is 1. The Morgan fingerprint density at radius 1 is 1.33 bits per heavy atom. The molecule has 0 spiro atoms. The Kier molecular flexibility index (Phi) is 3.39. The molecule has 3 rings (SSSR count). The van der Waals surface area contributed by atoms with Crippen LogP contribution < -0.4 is 14.8 Å². The van der Waals surface area contributed by atoms with Gasteiger partial charge in [-0.1, -0.05) is 6.07 Å². The lowest BCUT2D eigenvalue weighted by Gasteiger charge is -2.32. The predicted molar refractivity (Wildman–Crippen MR) is 69.9 cm³/mol. The third-order valence-corrected chi connectivity index (χ3v) is 3.76. The Bertz CT molecular complexity index is 422. The summed E-state index contributed by atoms with van der Waals surface area (Å²) in [5, 5.41) is 3.37. The molecule has 0 bridgehead atoms. The third-order valence-electron chi connectivity index (χ3n) is 3.76. The van der Waals surface area contributed by atoms with Crippen molar-refractivity contribution in [2.24, 2.45) is 0 Å². The molecule has 2 aliphatic heterocycles. The number of ether oxygens (including phenoxy) is 2. The smallest absolute Gasteiger partial charge is 0.231 e. The summed E-state index contributed by atoms with van der Waals surface area (Å²) in [6, 6.07) is 6.88. The van der Waals surface area contributed by atoms with Gasteiger partial charge in [-0.15, -0.1) is 0 Å². The van der Waals surface area contributed by atoms with Crippen molar-refractivity contribution in [3.05, 3.63) is 23.8 Å². The minimum atomic E-state index is 0.352. The molecule has 1 aromatic carbocycles. The van der Waals surface area contributed by atoms with Crippen LogP contribution in [0.25, 0.3) is 0 Å². The quantitative estimate of drug-likeness (QED) is 0.881. The maximum atomic E-state index is 5.42. The summed E-state index contributed by atoms with van der Waals surface area (Å²) in [5.41, 5.74) is 1.30. The monoisotopic (exact) mass is 248 g/mol. The normalized spacial score (nSPS) is 23.3. The minimum absolute atomic E-state index is 0.352. The molecular formula is C14H20N2O2. The average molecular weight is 248 g/mol. The van der Waals surface area contributed by atoms with Crippen LogP contribution in [0.15, 0.2) is 18.2 Å². The summed E-state index contributed by atoms with van der Waals surface area (Å²) in [6.07, 6.45) is 2.56.